The molecule has 4 rings (SSSR count). The predicted molar refractivity (Wildman–Crippen MR) is 160 cm³/mol. The second-order valence-electron chi connectivity index (χ2n) is 8.52. The second kappa shape index (κ2) is 12.3. The molecule has 198 valence electrons. The molecule has 0 aliphatic carbocycles. The van der Waals surface area contributed by atoms with Crippen LogP contribution in [0.3, 0.4) is 0 Å². The summed E-state index contributed by atoms with van der Waals surface area (Å²) < 4.78 is 55.3. The summed E-state index contributed by atoms with van der Waals surface area (Å²) in [5.41, 5.74) is 2.55. The van der Waals surface area contributed by atoms with Crippen LogP contribution in [0.2, 0.25) is 0 Å². The standard InChI is InChI=1S/C28H28N2O4S4/c1-29(37(31,32)21-23-13-5-3-6-14-23)25-17-9-11-19-27(25)35-36-28-20-12-10-18-26(28)30(2)38(33,34)22-24-15-7-4-8-16-24/h3-20H,21-22H2,1-2H3. The van der Waals surface area contributed by atoms with Crippen LogP contribution < -0.4 is 8.61 Å². The van der Waals surface area contributed by atoms with E-state index in [4.69, 9.17) is 0 Å². The smallest absolute Gasteiger partial charge is 0.239 e. The number of hydrogen-bond acceptors (Lipinski definition) is 6. The Morgan fingerprint density at radius 1 is 0.500 bits per heavy atom. The van der Waals surface area contributed by atoms with Crippen LogP contribution in [0.4, 0.5) is 11.4 Å². The lowest BCUT2D eigenvalue weighted by Gasteiger charge is -2.23. The fourth-order valence-corrected chi connectivity index (χ4v) is 8.79. The van der Waals surface area contributed by atoms with Gasteiger partial charge in [0.25, 0.3) is 0 Å². The van der Waals surface area contributed by atoms with Gasteiger partial charge in [-0.2, -0.15) is 0 Å². The highest BCUT2D eigenvalue weighted by Gasteiger charge is 2.24. The molecule has 4 aromatic rings. The molecule has 0 amide bonds. The predicted octanol–water partition coefficient (Wildman–Crippen LogP) is 6.42. The van der Waals surface area contributed by atoms with Crippen molar-refractivity contribution >= 4 is 53.0 Å². The summed E-state index contributed by atoms with van der Waals surface area (Å²) in [6.07, 6.45) is 0. The van der Waals surface area contributed by atoms with Crippen molar-refractivity contribution in [3.05, 3.63) is 120 Å². The average molecular weight is 585 g/mol. The molecule has 0 spiro atoms. The Labute approximate surface area is 233 Å². The van der Waals surface area contributed by atoms with Gasteiger partial charge in [-0.3, -0.25) is 8.61 Å². The maximum absolute atomic E-state index is 13.2. The molecule has 0 aliphatic rings. The van der Waals surface area contributed by atoms with Gasteiger partial charge in [-0.15, -0.1) is 0 Å². The first-order chi connectivity index (χ1) is 18.2. The number of anilines is 2. The van der Waals surface area contributed by atoms with E-state index in [1.807, 2.05) is 60.7 Å². The van der Waals surface area contributed by atoms with Gasteiger partial charge in [-0.1, -0.05) is 107 Å². The summed E-state index contributed by atoms with van der Waals surface area (Å²) in [5.74, 6) is -0.216. The van der Waals surface area contributed by atoms with Gasteiger partial charge in [-0.25, -0.2) is 16.8 Å². The molecule has 0 aromatic heterocycles. The van der Waals surface area contributed by atoms with Gasteiger partial charge in [0.1, 0.15) is 0 Å². The molecule has 0 heterocycles. The van der Waals surface area contributed by atoms with E-state index in [9.17, 15) is 16.8 Å². The molecular formula is C28H28N2O4S4. The maximum Gasteiger partial charge on any atom is 0.239 e. The van der Waals surface area contributed by atoms with Crippen molar-refractivity contribution in [3.63, 3.8) is 0 Å². The van der Waals surface area contributed by atoms with Crippen molar-refractivity contribution in [1.29, 1.82) is 0 Å². The fraction of sp³-hybridized carbons (Fsp3) is 0.143. The van der Waals surface area contributed by atoms with Gasteiger partial charge >= 0.3 is 0 Å². The number of sulfonamides is 2. The number of nitrogens with zero attached hydrogens (tertiary/aromatic N) is 2. The zero-order chi connectivity index (χ0) is 27.2. The summed E-state index contributed by atoms with van der Waals surface area (Å²) in [7, 11) is -1.35. The van der Waals surface area contributed by atoms with E-state index in [1.54, 1.807) is 62.6 Å². The number of rotatable bonds is 11. The van der Waals surface area contributed by atoms with Gasteiger partial charge in [0.2, 0.25) is 20.0 Å². The van der Waals surface area contributed by atoms with Crippen molar-refractivity contribution in [2.75, 3.05) is 22.7 Å². The topological polar surface area (TPSA) is 74.8 Å². The number of hydrogen-bond donors (Lipinski definition) is 0. The molecule has 0 radical (unpaired) electrons. The largest absolute Gasteiger partial charge is 0.272 e. The quantitative estimate of drug-likeness (QED) is 0.190. The second-order valence-corrected chi connectivity index (χ2v) is 14.7. The Bertz CT molecular complexity index is 1460. The normalized spacial score (nSPS) is 11.7. The molecule has 38 heavy (non-hydrogen) atoms. The molecular weight excluding hydrogens is 557 g/mol. The summed E-state index contributed by atoms with van der Waals surface area (Å²) in [6, 6.07) is 32.7. The molecule has 4 aromatic carbocycles. The Kier molecular flexibility index (Phi) is 9.09. The Morgan fingerprint density at radius 3 is 1.18 bits per heavy atom. The van der Waals surface area contributed by atoms with E-state index >= 15 is 0 Å². The van der Waals surface area contributed by atoms with Gasteiger partial charge in [0.05, 0.1) is 22.9 Å². The van der Waals surface area contributed by atoms with Crippen LogP contribution in [0.25, 0.3) is 0 Å². The van der Waals surface area contributed by atoms with E-state index in [-0.39, 0.29) is 11.5 Å². The van der Waals surface area contributed by atoms with Crippen LogP contribution >= 0.6 is 21.6 Å². The number of benzene rings is 4. The molecule has 0 N–H and O–H groups in total. The minimum Gasteiger partial charge on any atom is -0.272 e. The van der Waals surface area contributed by atoms with Crippen molar-refractivity contribution in [2.24, 2.45) is 0 Å². The highest BCUT2D eigenvalue weighted by molar-refractivity contribution is 8.76. The highest BCUT2D eigenvalue weighted by atomic mass is 33.1. The molecule has 0 aliphatic heterocycles. The molecule has 0 saturated carbocycles. The van der Waals surface area contributed by atoms with Crippen LogP contribution in [0.1, 0.15) is 11.1 Å². The van der Waals surface area contributed by atoms with Crippen molar-refractivity contribution in [2.45, 2.75) is 21.3 Å². The van der Waals surface area contributed by atoms with Crippen LogP contribution in [0.15, 0.2) is 119 Å². The highest BCUT2D eigenvalue weighted by Crippen LogP contribution is 2.45. The molecule has 0 fully saturated rings. The lowest BCUT2D eigenvalue weighted by atomic mass is 10.2. The average Bonchev–Trinajstić information content (AvgIpc) is 2.92. The van der Waals surface area contributed by atoms with Gasteiger partial charge in [0.15, 0.2) is 0 Å². The lowest BCUT2D eigenvalue weighted by Crippen LogP contribution is -2.28. The monoisotopic (exact) mass is 584 g/mol. The summed E-state index contributed by atoms with van der Waals surface area (Å²) in [5, 5.41) is 0. The van der Waals surface area contributed by atoms with E-state index in [2.05, 4.69) is 0 Å². The van der Waals surface area contributed by atoms with E-state index < -0.39 is 20.0 Å². The van der Waals surface area contributed by atoms with E-state index in [0.717, 1.165) is 9.79 Å². The Morgan fingerprint density at radius 2 is 0.816 bits per heavy atom. The minimum absolute atomic E-state index is 0.108. The van der Waals surface area contributed by atoms with Crippen molar-refractivity contribution in [1.82, 2.24) is 0 Å². The molecule has 0 unspecified atom stereocenters. The first-order valence-corrected chi connectivity index (χ1v) is 17.1. The zero-order valence-electron chi connectivity index (χ0n) is 21.0. The van der Waals surface area contributed by atoms with Gasteiger partial charge in [0, 0.05) is 23.9 Å². The lowest BCUT2D eigenvalue weighted by molar-refractivity contribution is 0.591. The fourth-order valence-electron chi connectivity index (χ4n) is 3.73. The summed E-state index contributed by atoms with van der Waals surface area (Å²) in [4.78, 5) is 1.50. The van der Waals surface area contributed by atoms with Crippen LogP contribution in [-0.2, 0) is 31.6 Å². The van der Waals surface area contributed by atoms with Gasteiger partial charge < -0.3 is 0 Å². The summed E-state index contributed by atoms with van der Waals surface area (Å²) in [6.45, 7) is 0. The van der Waals surface area contributed by atoms with Crippen LogP contribution in [0, 0.1) is 0 Å². The first-order valence-electron chi connectivity index (χ1n) is 11.7. The Balaban J connectivity index is 1.54. The molecule has 0 atom stereocenters. The van der Waals surface area contributed by atoms with Crippen LogP contribution in [0.5, 0.6) is 0 Å². The Hall–Kier alpha value is -2.92. The maximum atomic E-state index is 13.2. The third-order valence-corrected chi connectivity index (χ3v) is 11.8. The van der Waals surface area contributed by atoms with Crippen molar-refractivity contribution in [3.8, 4) is 0 Å². The SMILES string of the molecule is CN(c1ccccc1SSc1ccccc1N(C)S(=O)(=O)Cc1ccccc1)S(=O)(=O)Cc1ccccc1. The van der Waals surface area contributed by atoms with Crippen LogP contribution in [-0.4, -0.2) is 30.9 Å². The first kappa shape index (κ1) is 28.1. The third-order valence-electron chi connectivity index (χ3n) is 5.85. The molecule has 0 bridgehead atoms. The third kappa shape index (κ3) is 6.93. The molecule has 0 saturated heterocycles. The van der Waals surface area contributed by atoms with E-state index in [0.29, 0.717) is 22.5 Å². The summed E-state index contributed by atoms with van der Waals surface area (Å²) >= 11 is 0. The van der Waals surface area contributed by atoms with Crippen molar-refractivity contribution < 1.29 is 16.8 Å². The zero-order valence-corrected chi connectivity index (χ0v) is 24.2. The number of para-hydroxylation sites is 2. The molecule has 10 heteroatoms. The van der Waals surface area contributed by atoms with E-state index in [1.165, 1.54) is 30.2 Å². The molecule has 6 nitrogen and oxygen atoms in total. The van der Waals surface area contributed by atoms with Gasteiger partial charge in [-0.05, 0) is 35.4 Å². The minimum atomic E-state index is -3.62.